The molecular formula is C69H50Si. The Kier molecular flexibility index (Phi) is 9.97. The van der Waals surface area contributed by atoms with Crippen molar-refractivity contribution in [3.63, 3.8) is 0 Å². The summed E-state index contributed by atoms with van der Waals surface area (Å²) < 4.78 is 0. The molecule has 70 heavy (non-hydrogen) atoms. The zero-order chi connectivity index (χ0) is 46.8. The van der Waals surface area contributed by atoms with Crippen LogP contribution >= 0.6 is 0 Å². The zero-order valence-electron chi connectivity index (χ0n) is 39.4. The van der Waals surface area contributed by atoms with Crippen molar-refractivity contribution in [2.75, 3.05) is 0 Å². The fourth-order valence-corrected chi connectivity index (χ4v) is 16.8. The summed E-state index contributed by atoms with van der Waals surface area (Å²) in [5, 5.41) is 13.1. The average molecular weight is 907 g/mol. The van der Waals surface area contributed by atoms with E-state index in [0.717, 1.165) is 0 Å². The van der Waals surface area contributed by atoms with Gasteiger partial charge in [0.05, 0.1) is 0 Å². The maximum absolute atomic E-state index is 2.62. The Hall–Kier alpha value is -8.36. The van der Waals surface area contributed by atoms with Crippen molar-refractivity contribution >= 4 is 61.1 Å². The minimum absolute atomic E-state index is 0.211. The number of benzene rings is 12. The lowest BCUT2D eigenvalue weighted by molar-refractivity contribution is 0.661. The molecule has 13 rings (SSSR count). The summed E-state index contributed by atoms with van der Waals surface area (Å²) in [6.07, 6.45) is 0. The monoisotopic (exact) mass is 906 g/mol. The van der Waals surface area contributed by atoms with Crippen molar-refractivity contribution in [2.45, 2.75) is 19.3 Å². The van der Waals surface area contributed by atoms with E-state index in [-0.39, 0.29) is 5.41 Å². The van der Waals surface area contributed by atoms with Crippen molar-refractivity contribution < 1.29 is 0 Å². The Balaban J connectivity index is 0.904. The topological polar surface area (TPSA) is 0 Å². The second kappa shape index (κ2) is 16.7. The molecule has 1 aliphatic rings. The van der Waals surface area contributed by atoms with Crippen LogP contribution in [-0.2, 0) is 5.41 Å². The maximum Gasteiger partial charge on any atom is 0.179 e. The van der Waals surface area contributed by atoms with Gasteiger partial charge in [-0.25, -0.2) is 0 Å². The van der Waals surface area contributed by atoms with Crippen molar-refractivity contribution in [1.29, 1.82) is 0 Å². The minimum Gasteiger partial charge on any atom is -0.0623 e. The van der Waals surface area contributed by atoms with Crippen LogP contribution in [0.2, 0.25) is 0 Å². The predicted molar refractivity (Wildman–Crippen MR) is 302 cm³/mol. The van der Waals surface area contributed by atoms with Crippen LogP contribution in [0.5, 0.6) is 0 Å². The molecule has 0 saturated carbocycles. The fourth-order valence-electron chi connectivity index (χ4n) is 12.1. The van der Waals surface area contributed by atoms with E-state index in [1.165, 1.54) is 120 Å². The van der Waals surface area contributed by atoms with E-state index in [1.54, 1.807) is 0 Å². The summed E-state index contributed by atoms with van der Waals surface area (Å²) in [7, 11) is -2.62. The Labute approximate surface area is 411 Å². The largest absolute Gasteiger partial charge is 0.179 e. The minimum atomic E-state index is -2.62. The molecule has 0 heterocycles. The third kappa shape index (κ3) is 6.57. The van der Waals surface area contributed by atoms with Crippen LogP contribution < -0.4 is 20.7 Å². The molecule has 0 atom stereocenters. The van der Waals surface area contributed by atoms with Crippen molar-refractivity contribution in [2.24, 2.45) is 0 Å². The highest BCUT2D eigenvalue weighted by atomic mass is 28.3. The molecule has 0 bridgehead atoms. The van der Waals surface area contributed by atoms with Crippen LogP contribution in [0.25, 0.3) is 88.0 Å². The summed E-state index contributed by atoms with van der Waals surface area (Å²) in [5.41, 5.74) is 15.2. The number of hydrogen-bond acceptors (Lipinski definition) is 0. The molecular weight excluding hydrogens is 857 g/mol. The molecule has 0 unspecified atom stereocenters. The first-order chi connectivity index (χ1) is 34.5. The van der Waals surface area contributed by atoms with Crippen LogP contribution in [0.15, 0.2) is 267 Å². The average Bonchev–Trinajstić information content (AvgIpc) is 3.65. The lowest BCUT2D eigenvalue weighted by Crippen LogP contribution is -2.74. The van der Waals surface area contributed by atoms with Crippen LogP contribution in [0.3, 0.4) is 0 Å². The molecule has 0 spiro atoms. The molecule has 330 valence electrons. The maximum atomic E-state index is 2.50. The Morgan fingerprint density at radius 2 is 0.657 bits per heavy atom. The van der Waals surface area contributed by atoms with E-state index in [4.69, 9.17) is 0 Å². The van der Waals surface area contributed by atoms with Crippen molar-refractivity contribution in [1.82, 2.24) is 0 Å². The summed E-state index contributed by atoms with van der Waals surface area (Å²) >= 11 is 0. The highest BCUT2D eigenvalue weighted by Crippen LogP contribution is 2.52. The molecule has 12 aromatic rings. The van der Waals surface area contributed by atoms with Crippen LogP contribution in [-0.4, -0.2) is 8.07 Å². The van der Waals surface area contributed by atoms with Crippen LogP contribution in [0, 0.1) is 0 Å². The third-order valence-electron chi connectivity index (χ3n) is 15.4. The van der Waals surface area contributed by atoms with Gasteiger partial charge < -0.3 is 0 Å². The molecule has 0 aromatic heterocycles. The van der Waals surface area contributed by atoms with Gasteiger partial charge in [0.25, 0.3) is 0 Å². The van der Waals surface area contributed by atoms with Crippen LogP contribution in [0.1, 0.15) is 25.0 Å². The first-order valence-corrected chi connectivity index (χ1v) is 26.6. The second-order valence-corrected chi connectivity index (χ2v) is 23.3. The molecule has 0 aliphatic heterocycles. The molecule has 0 saturated heterocycles. The first kappa shape index (κ1) is 41.8. The van der Waals surface area contributed by atoms with Gasteiger partial charge in [-0.1, -0.05) is 263 Å². The van der Waals surface area contributed by atoms with Gasteiger partial charge in [-0.15, -0.1) is 0 Å². The molecule has 0 fully saturated rings. The van der Waals surface area contributed by atoms with E-state index >= 15 is 0 Å². The highest BCUT2D eigenvalue weighted by Gasteiger charge is 2.41. The molecule has 0 amide bonds. The number of hydrogen-bond donors (Lipinski definition) is 0. The van der Waals surface area contributed by atoms with E-state index in [9.17, 15) is 0 Å². The SMILES string of the molecule is CC1(C)c2cc(-c3ccc([Si](c4ccccc4)(c4ccccc4)c4ccccc4)cc3)ccc2-c2ccc(-c3c4ccccc4c(-c4ccccc4-c4ccc5ccccc5c4)c4ccccc34)cc21. The molecule has 12 aromatic carbocycles. The number of fused-ring (bicyclic) bond motifs is 6. The summed E-state index contributed by atoms with van der Waals surface area (Å²) in [4.78, 5) is 0. The first-order valence-electron chi connectivity index (χ1n) is 24.6. The van der Waals surface area contributed by atoms with Crippen molar-refractivity contribution in [3.8, 4) is 55.6 Å². The fraction of sp³-hybridized carbons (Fsp3) is 0.0435. The molecule has 1 aliphatic carbocycles. The van der Waals surface area contributed by atoms with Gasteiger partial charge in [0.2, 0.25) is 0 Å². The van der Waals surface area contributed by atoms with Gasteiger partial charge in [-0.3, -0.25) is 0 Å². The lowest BCUT2D eigenvalue weighted by atomic mass is 9.79. The van der Waals surface area contributed by atoms with Gasteiger partial charge in [0, 0.05) is 5.41 Å². The van der Waals surface area contributed by atoms with Gasteiger partial charge in [-0.2, -0.15) is 0 Å². The standard InChI is InChI=1S/C69H50Si/c1-69(2)65-45-50(48-36-40-56(41-37-48)70(53-22-6-3-7-23-53,54-24-8-4-9-25-54)55-26-10-5-11-27-55)38-42-58(65)59-43-39-52(46-66(59)69)67-61-30-16-18-32-63(61)68(64-33-19-17-31-62(64)67)60-29-15-14-28-57(60)51-35-34-47-20-12-13-21-49(47)44-51/h3-46H,1-2H3. The van der Waals surface area contributed by atoms with E-state index in [0.29, 0.717) is 0 Å². The third-order valence-corrected chi connectivity index (χ3v) is 20.2. The van der Waals surface area contributed by atoms with Gasteiger partial charge >= 0.3 is 0 Å². The van der Waals surface area contributed by atoms with Gasteiger partial charge in [0.15, 0.2) is 8.07 Å². The predicted octanol–water partition coefficient (Wildman–Crippen LogP) is 15.5. The van der Waals surface area contributed by atoms with Gasteiger partial charge in [-0.05, 0) is 138 Å². The normalized spacial score (nSPS) is 12.8. The van der Waals surface area contributed by atoms with E-state index in [2.05, 4.69) is 281 Å². The Morgan fingerprint density at radius 1 is 0.257 bits per heavy atom. The smallest absolute Gasteiger partial charge is 0.0623 e. The summed E-state index contributed by atoms with van der Waals surface area (Å²) in [6, 6.07) is 100. The van der Waals surface area contributed by atoms with Crippen LogP contribution in [0.4, 0.5) is 0 Å². The van der Waals surface area contributed by atoms with Gasteiger partial charge in [0.1, 0.15) is 0 Å². The zero-order valence-corrected chi connectivity index (χ0v) is 40.4. The van der Waals surface area contributed by atoms with E-state index in [1.807, 2.05) is 0 Å². The van der Waals surface area contributed by atoms with Crippen molar-refractivity contribution in [3.05, 3.63) is 278 Å². The summed E-state index contributed by atoms with van der Waals surface area (Å²) in [6.45, 7) is 4.83. The molecule has 0 N–H and O–H groups in total. The Bertz CT molecular complexity index is 3790. The number of rotatable bonds is 8. The van der Waals surface area contributed by atoms with E-state index < -0.39 is 8.07 Å². The molecule has 1 heteroatoms. The lowest BCUT2D eigenvalue weighted by Gasteiger charge is -2.34. The quantitative estimate of drug-likeness (QED) is 0.0810. The molecule has 0 nitrogen and oxygen atoms in total. The highest BCUT2D eigenvalue weighted by molar-refractivity contribution is 7.19. The molecule has 0 radical (unpaired) electrons. The second-order valence-electron chi connectivity index (χ2n) is 19.5. The summed E-state index contributed by atoms with van der Waals surface area (Å²) in [5.74, 6) is 0. The Morgan fingerprint density at radius 3 is 1.21 bits per heavy atom.